The summed E-state index contributed by atoms with van der Waals surface area (Å²) < 4.78 is 2.72. The molecule has 0 spiro atoms. The molecule has 1 aliphatic heterocycles. The van der Waals surface area contributed by atoms with Gasteiger partial charge in [0, 0.05) is 0 Å². The fourth-order valence-corrected chi connectivity index (χ4v) is 3.42. The summed E-state index contributed by atoms with van der Waals surface area (Å²) in [6.07, 6.45) is 0. The number of hydrogen-bond donors (Lipinski definition) is 2. The van der Waals surface area contributed by atoms with Crippen molar-refractivity contribution in [3.63, 3.8) is 0 Å². The van der Waals surface area contributed by atoms with Crippen LogP contribution in [-0.4, -0.2) is 47.0 Å². The number of quaternary nitrogens is 1. The summed E-state index contributed by atoms with van der Waals surface area (Å²) in [6, 6.07) is 0. The van der Waals surface area contributed by atoms with Crippen LogP contribution in [-0.2, 0) is 0 Å². The second kappa shape index (κ2) is 6.09. The number of nitrogens with one attached hydrogen (secondary N) is 3. The van der Waals surface area contributed by atoms with E-state index in [2.05, 4.69) is 17.4 Å². The third-order valence-electron chi connectivity index (χ3n) is 1.91. The molecule has 0 aliphatic carbocycles. The molecule has 0 saturated carbocycles. The molecule has 1 fully saturated rings. The van der Waals surface area contributed by atoms with E-state index in [1.165, 1.54) is 15.4 Å². The summed E-state index contributed by atoms with van der Waals surface area (Å²) in [7, 11) is 2.15. The topological polar surface area (TPSA) is 43.5 Å². The van der Waals surface area contributed by atoms with E-state index >= 15 is 0 Å². The fraction of sp³-hybridized carbons (Fsp3) is 1.00. The number of likely N-dealkylation sites (N-methyl/N-ethyl adjacent to an activating group) is 1. The Morgan fingerprint density at radius 1 is 1.42 bits per heavy atom. The predicted molar refractivity (Wildman–Crippen MR) is 45.4 cm³/mol. The van der Waals surface area contributed by atoms with Crippen LogP contribution in [0.3, 0.4) is 0 Å². The zero-order chi connectivity index (χ0) is 8.81. The zero-order valence-corrected chi connectivity index (χ0v) is 9.73. The van der Waals surface area contributed by atoms with Gasteiger partial charge in [0.2, 0.25) is 0 Å². The number of alkyl halides is 2. The standard InChI is InChI=1S/C7H18IN4/c1-11-5-3-8-2-4-10-12(9)7-6-11/h9-10,12H,2-7H2,1H3/q-1. The molecule has 1 heterocycles. The second-order valence-corrected chi connectivity index (χ2v) is 6.26. The minimum atomic E-state index is 0.392. The molecule has 1 unspecified atom stereocenters. The molecule has 0 radical (unpaired) electrons. The van der Waals surface area contributed by atoms with Crippen LogP contribution in [0.2, 0.25) is 0 Å². The van der Waals surface area contributed by atoms with Gasteiger partial charge in [0.25, 0.3) is 0 Å². The number of halogens is 1. The van der Waals surface area contributed by atoms with Crippen LogP contribution < -0.4 is 31.7 Å². The summed E-state index contributed by atoms with van der Waals surface area (Å²) in [5.41, 5.74) is 3.16. The molecule has 12 heavy (non-hydrogen) atoms. The monoisotopic (exact) mass is 285 g/mol. The van der Waals surface area contributed by atoms with E-state index in [0.717, 1.165) is 19.6 Å². The third-order valence-corrected chi connectivity index (χ3v) is 4.46. The van der Waals surface area contributed by atoms with Crippen molar-refractivity contribution in [2.24, 2.45) is 0 Å². The molecular weight excluding hydrogens is 267 g/mol. The Morgan fingerprint density at radius 2 is 2.25 bits per heavy atom. The molecule has 0 aromatic carbocycles. The Bertz CT molecular complexity index is 108. The molecule has 4 nitrogen and oxygen atoms in total. The Hall–Kier alpha value is 0.570. The molecule has 0 amide bonds. The minimum absolute atomic E-state index is 0.392. The van der Waals surface area contributed by atoms with Crippen LogP contribution in [0, 0.1) is 0 Å². The molecule has 74 valence electrons. The quantitative estimate of drug-likeness (QED) is 0.347. The summed E-state index contributed by atoms with van der Waals surface area (Å²) in [6.45, 7) is 4.20. The van der Waals surface area contributed by atoms with Crippen molar-refractivity contribution in [3.05, 3.63) is 5.84 Å². The van der Waals surface area contributed by atoms with E-state index in [1.54, 1.807) is 0 Å². The molecule has 1 atom stereocenters. The van der Waals surface area contributed by atoms with Gasteiger partial charge in [-0.05, 0) is 0 Å². The number of hydrogen-bond acceptors (Lipinski definition) is 2. The molecule has 5 heteroatoms. The van der Waals surface area contributed by atoms with Crippen molar-refractivity contribution in [2.75, 3.05) is 42.1 Å². The average Bonchev–Trinajstić information content (AvgIpc) is 2.07. The first-order chi connectivity index (χ1) is 5.79. The fourth-order valence-electron chi connectivity index (χ4n) is 1.07. The normalized spacial score (nSPS) is 30.7. The number of rotatable bonds is 0. The van der Waals surface area contributed by atoms with Crippen LogP contribution in [0.4, 0.5) is 0 Å². The molecule has 1 aliphatic rings. The molecular formula is C7H18IN4-. The Labute approximate surface area is 84.7 Å². The van der Waals surface area contributed by atoms with E-state index in [4.69, 9.17) is 5.84 Å². The maximum absolute atomic E-state index is 7.56. The van der Waals surface area contributed by atoms with Gasteiger partial charge < -0.3 is 0 Å². The van der Waals surface area contributed by atoms with Crippen molar-refractivity contribution in [3.8, 4) is 0 Å². The molecule has 0 aromatic heterocycles. The first-order valence-corrected chi connectivity index (χ1v) is 7.37. The maximum atomic E-state index is 7.56. The molecule has 0 aromatic rings. The van der Waals surface area contributed by atoms with Crippen molar-refractivity contribution in [2.45, 2.75) is 0 Å². The van der Waals surface area contributed by atoms with Crippen molar-refractivity contribution in [1.82, 2.24) is 10.3 Å². The van der Waals surface area contributed by atoms with Crippen molar-refractivity contribution in [1.29, 1.82) is 0 Å². The van der Waals surface area contributed by atoms with Crippen LogP contribution in [0.1, 0.15) is 0 Å². The van der Waals surface area contributed by atoms with Crippen LogP contribution in [0.15, 0.2) is 0 Å². The van der Waals surface area contributed by atoms with Crippen LogP contribution >= 0.6 is 0 Å². The second-order valence-electron chi connectivity index (χ2n) is 3.03. The van der Waals surface area contributed by atoms with E-state index < -0.39 is 0 Å². The zero-order valence-electron chi connectivity index (χ0n) is 7.57. The van der Waals surface area contributed by atoms with E-state index in [-0.39, 0.29) is 0 Å². The Kier molecular flexibility index (Phi) is 5.40. The summed E-state index contributed by atoms with van der Waals surface area (Å²) in [5.74, 6) is 7.56. The van der Waals surface area contributed by atoms with Crippen LogP contribution in [0.25, 0.3) is 5.84 Å². The molecule has 1 saturated heterocycles. The molecule has 3 N–H and O–H groups in total. The SMILES string of the molecule is CN1CC[I-]CCN[NH+]([NH-])CC1. The van der Waals surface area contributed by atoms with Gasteiger partial charge in [-0.2, -0.15) is 0 Å². The van der Waals surface area contributed by atoms with Gasteiger partial charge in [-0.25, -0.2) is 0 Å². The molecule has 1 rings (SSSR count). The third kappa shape index (κ3) is 4.56. The van der Waals surface area contributed by atoms with E-state index in [9.17, 15) is 0 Å². The Balaban J connectivity index is 2.23. The molecule has 0 bridgehead atoms. The summed E-state index contributed by atoms with van der Waals surface area (Å²) in [4.78, 5) is 2.33. The average molecular weight is 285 g/mol. The van der Waals surface area contributed by atoms with Gasteiger partial charge in [0.1, 0.15) is 0 Å². The predicted octanol–water partition coefficient (Wildman–Crippen LogP) is -4.62. The van der Waals surface area contributed by atoms with Crippen LogP contribution in [0.5, 0.6) is 0 Å². The first-order valence-electron chi connectivity index (χ1n) is 4.32. The summed E-state index contributed by atoms with van der Waals surface area (Å²) in [5, 5.41) is 0.716. The van der Waals surface area contributed by atoms with Gasteiger partial charge in [0.05, 0.1) is 0 Å². The van der Waals surface area contributed by atoms with Gasteiger partial charge >= 0.3 is 84.6 Å². The van der Waals surface area contributed by atoms with Gasteiger partial charge in [-0.1, -0.05) is 0 Å². The summed E-state index contributed by atoms with van der Waals surface area (Å²) >= 11 is 0.392. The van der Waals surface area contributed by atoms with Crippen molar-refractivity contribution < 1.29 is 26.3 Å². The van der Waals surface area contributed by atoms with Gasteiger partial charge in [-0.15, -0.1) is 0 Å². The van der Waals surface area contributed by atoms with Gasteiger partial charge in [0.15, 0.2) is 0 Å². The number of nitrogens with zero attached hydrogens (tertiary/aromatic N) is 1. The van der Waals surface area contributed by atoms with Crippen molar-refractivity contribution >= 4 is 0 Å². The van der Waals surface area contributed by atoms with Gasteiger partial charge in [-0.3, -0.25) is 0 Å². The van der Waals surface area contributed by atoms with E-state index in [0.29, 0.717) is 26.3 Å². The Morgan fingerprint density at radius 3 is 3.08 bits per heavy atom. The first kappa shape index (κ1) is 10.6. The van der Waals surface area contributed by atoms with E-state index in [1.807, 2.05) is 0 Å².